The van der Waals surface area contributed by atoms with Crippen molar-refractivity contribution in [1.82, 2.24) is 19.8 Å². The summed E-state index contributed by atoms with van der Waals surface area (Å²) < 4.78 is 0. The summed E-state index contributed by atoms with van der Waals surface area (Å²) in [5, 5.41) is 0. The lowest BCUT2D eigenvalue weighted by molar-refractivity contribution is -0.137. The van der Waals surface area contributed by atoms with Gasteiger partial charge in [0, 0.05) is 51.0 Å². The number of amides is 1. The molecule has 3 rings (SSSR count). The van der Waals surface area contributed by atoms with Crippen molar-refractivity contribution in [3.8, 4) is 0 Å². The molecule has 0 radical (unpaired) electrons. The van der Waals surface area contributed by atoms with Crippen LogP contribution in [0.25, 0.3) is 0 Å². The minimum absolute atomic E-state index is 0.226. The number of hydrogen-bond acceptors (Lipinski definition) is 5. The fourth-order valence-electron chi connectivity index (χ4n) is 4.19. The number of aromatic nitrogens is 2. The van der Waals surface area contributed by atoms with E-state index >= 15 is 0 Å². The van der Waals surface area contributed by atoms with Crippen LogP contribution in [-0.2, 0) is 11.2 Å². The average Bonchev–Trinajstić information content (AvgIpc) is 3.53. The van der Waals surface area contributed by atoms with Crippen LogP contribution in [0, 0.1) is 11.8 Å². The summed E-state index contributed by atoms with van der Waals surface area (Å²) in [6.07, 6.45) is 11.5. The third-order valence-electron chi connectivity index (χ3n) is 6.23. The molecular weight excluding hydrogens is 350 g/mol. The highest BCUT2D eigenvalue weighted by Gasteiger charge is 2.37. The highest BCUT2D eigenvalue weighted by Crippen LogP contribution is 2.34. The van der Waals surface area contributed by atoms with Gasteiger partial charge in [-0.1, -0.05) is 6.92 Å². The second-order valence-electron chi connectivity index (χ2n) is 8.91. The molecule has 1 aromatic heterocycles. The molecule has 2 aliphatic carbocycles. The fourth-order valence-corrected chi connectivity index (χ4v) is 4.19. The maximum absolute atomic E-state index is 13.1. The maximum atomic E-state index is 13.1. The zero-order valence-corrected chi connectivity index (χ0v) is 18.1. The van der Waals surface area contributed by atoms with E-state index in [1.165, 1.54) is 18.4 Å². The first kappa shape index (κ1) is 21.0. The molecular formula is C22H37N5O. The molecule has 0 bridgehead atoms. The number of aryl methyl sites for hydroxylation is 1. The number of carbonyl (C=O) groups excluding carboxylic acids is 1. The molecule has 2 fully saturated rings. The fraction of sp³-hybridized carbons (Fsp3) is 0.773. The van der Waals surface area contributed by atoms with Crippen molar-refractivity contribution in [2.45, 2.75) is 57.9 Å². The van der Waals surface area contributed by atoms with Gasteiger partial charge in [0.1, 0.15) is 0 Å². The van der Waals surface area contributed by atoms with Crippen molar-refractivity contribution >= 4 is 11.9 Å². The summed E-state index contributed by atoms with van der Waals surface area (Å²) in [5.74, 6) is 2.07. The largest absolute Gasteiger partial charge is 0.344 e. The highest BCUT2D eigenvalue weighted by atomic mass is 16.2. The van der Waals surface area contributed by atoms with Crippen molar-refractivity contribution < 1.29 is 4.79 Å². The summed E-state index contributed by atoms with van der Waals surface area (Å²) in [5.41, 5.74) is 1.17. The smallest absolute Gasteiger partial charge is 0.225 e. The first-order chi connectivity index (χ1) is 13.5. The lowest BCUT2D eigenvalue weighted by Gasteiger charge is -2.34. The second-order valence-corrected chi connectivity index (χ2v) is 8.91. The van der Waals surface area contributed by atoms with Gasteiger partial charge in [-0.25, -0.2) is 9.97 Å². The number of nitrogens with zero attached hydrogens (tertiary/aromatic N) is 5. The van der Waals surface area contributed by atoms with Gasteiger partial charge in [-0.3, -0.25) is 4.79 Å². The quantitative estimate of drug-likeness (QED) is 0.652. The van der Waals surface area contributed by atoms with Crippen LogP contribution in [0.5, 0.6) is 0 Å². The molecule has 0 N–H and O–H groups in total. The summed E-state index contributed by atoms with van der Waals surface area (Å²) >= 11 is 0. The van der Waals surface area contributed by atoms with Crippen LogP contribution in [0.2, 0.25) is 0 Å². The topological polar surface area (TPSA) is 52.6 Å². The molecule has 0 spiro atoms. The monoisotopic (exact) mass is 387 g/mol. The van der Waals surface area contributed by atoms with Crippen LogP contribution in [0.4, 0.5) is 5.95 Å². The second kappa shape index (κ2) is 9.68. The van der Waals surface area contributed by atoms with Crippen molar-refractivity contribution in [2.24, 2.45) is 11.8 Å². The molecule has 1 aromatic rings. The lowest BCUT2D eigenvalue weighted by Crippen LogP contribution is -2.43. The minimum Gasteiger partial charge on any atom is -0.344 e. The number of anilines is 1. The van der Waals surface area contributed by atoms with E-state index in [1.807, 2.05) is 12.4 Å². The van der Waals surface area contributed by atoms with E-state index in [1.54, 1.807) is 0 Å². The Morgan fingerprint density at radius 1 is 1.00 bits per heavy atom. The predicted octanol–water partition coefficient (Wildman–Crippen LogP) is 2.83. The van der Waals surface area contributed by atoms with Crippen LogP contribution < -0.4 is 4.90 Å². The van der Waals surface area contributed by atoms with Gasteiger partial charge in [-0.2, -0.15) is 0 Å². The van der Waals surface area contributed by atoms with Crippen molar-refractivity contribution in [3.05, 3.63) is 18.0 Å². The molecule has 0 unspecified atom stereocenters. The van der Waals surface area contributed by atoms with Crippen LogP contribution in [0.3, 0.4) is 0 Å². The van der Waals surface area contributed by atoms with Gasteiger partial charge in [-0.05, 0) is 70.5 Å². The summed E-state index contributed by atoms with van der Waals surface area (Å²) in [4.78, 5) is 28.6. The molecule has 0 saturated heterocycles. The Morgan fingerprint density at radius 3 is 2.18 bits per heavy atom. The number of likely N-dealkylation sites (N-methyl/N-ethyl adjacent to an activating group) is 1. The number of carbonyl (C=O) groups is 1. The predicted molar refractivity (Wildman–Crippen MR) is 113 cm³/mol. The minimum atomic E-state index is 0.226. The SMILES string of the molecule is CCc1cnc(N(C)C[C@H]2CC[C@H](C(=O)N(CCN(C)C)C3CC3)CC2)nc1. The number of rotatable bonds is 9. The van der Waals surface area contributed by atoms with Crippen LogP contribution in [0.1, 0.15) is 51.0 Å². The normalized spacial score (nSPS) is 22.3. The first-order valence-corrected chi connectivity index (χ1v) is 10.9. The molecule has 1 amide bonds. The van der Waals surface area contributed by atoms with Crippen molar-refractivity contribution in [1.29, 1.82) is 0 Å². The summed E-state index contributed by atoms with van der Waals surface area (Å²) in [6.45, 7) is 4.93. The molecule has 6 heteroatoms. The lowest BCUT2D eigenvalue weighted by atomic mass is 9.81. The molecule has 1 heterocycles. The van der Waals surface area contributed by atoms with Gasteiger partial charge in [0.15, 0.2) is 0 Å². The van der Waals surface area contributed by atoms with E-state index in [0.717, 1.165) is 57.7 Å². The molecule has 28 heavy (non-hydrogen) atoms. The summed E-state index contributed by atoms with van der Waals surface area (Å²) in [7, 11) is 6.24. The average molecular weight is 388 g/mol. The Bertz CT molecular complexity index is 620. The molecule has 0 aliphatic heterocycles. The van der Waals surface area contributed by atoms with Crippen LogP contribution >= 0.6 is 0 Å². The molecule has 0 atom stereocenters. The third kappa shape index (κ3) is 5.66. The zero-order chi connectivity index (χ0) is 20.1. The molecule has 156 valence electrons. The number of hydrogen-bond donors (Lipinski definition) is 0. The highest BCUT2D eigenvalue weighted by molar-refractivity contribution is 5.79. The Morgan fingerprint density at radius 2 is 1.64 bits per heavy atom. The van der Waals surface area contributed by atoms with Crippen LogP contribution in [0.15, 0.2) is 12.4 Å². The molecule has 2 saturated carbocycles. The molecule has 2 aliphatic rings. The Labute approximate surface area is 170 Å². The van der Waals surface area contributed by atoms with E-state index in [-0.39, 0.29) is 5.92 Å². The molecule has 0 aromatic carbocycles. The van der Waals surface area contributed by atoms with Gasteiger partial charge < -0.3 is 14.7 Å². The van der Waals surface area contributed by atoms with Gasteiger partial charge in [0.25, 0.3) is 0 Å². The van der Waals surface area contributed by atoms with E-state index in [4.69, 9.17) is 0 Å². The van der Waals surface area contributed by atoms with Gasteiger partial charge in [0.05, 0.1) is 0 Å². The molecule has 6 nitrogen and oxygen atoms in total. The van der Waals surface area contributed by atoms with E-state index in [0.29, 0.717) is 17.9 Å². The van der Waals surface area contributed by atoms with Crippen molar-refractivity contribution in [2.75, 3.05) is 45.7 Å². The Hall–Kier alpha value is -1.69. The van der Waals surface area contributed by atoms with Gasteiger partial charge >= 0.3 is 0 Å². The third-order valence-corrected chi connectivity index (χ3v) is 6.23. The standard InChI is InChI=1S/C22H37N5O/c1-5-17-14-23-22(24-15-17)26(4)16-18-6-8-19(9-7-18)21(28)27(20-10-11-20)13-12-25(2)3/h14-15,18-20H,5-13,16H2,1-4H3/t18-,19-. The van der Waals surface area contributed by atoms with E-state index in [9.17, 15) is 4.79 Å². The Kier molecular flexibility index (Phi) is 7.27. The van der Waals surface area contributed by atoms with Gasteiger partial charge in [0.2, 0.25) is 11.9 Å². The maximum Gasteiger partial charge on any atom is 0.225 e. The van der Waals surface area contributed by atoms with E-state index in [2.05, 4.69) is 52.7 Å². The Balaban J connectivity index is 1.47. The van der Waals surface area contributed by atoms with E-state index < -0.39 is 0 Å². The summed E-state index contributed by atoms with van der Waals surface area (Å²) in [6, 6.07) is 0.513. The first-order valence-electron chi connectivity index (χ1n) is 10.9. The van der Waals surface area contributed by atoms with Gasteiger partial charge in [-0.15, -0.1) is 0 Å². The zero-order valence-electron chi connectivity index (χ0n) is 18.1. The van der Waals surface area contributed by atoms with Crippen molar-refractivity contribution in [3.63, 3.8) is 0 Å². The van der Waals surface area contributed by atoms with Crippen LogP contribution in [-0.4, -0.2) is 72.5 Å².